The fourth-order valence-corrected chi connectivity index (χ4v) is 3.16. The van der Waals surface area contributed by atoms with Crippen LogP contribution in [0.5, 0.6) is 0 Å². The molecule has 0 radical (unpaired) electrons. The summed E-state index contributed by atoms with van der Waals surface area (Å²) in [5.41, 5.74) is 3.49. The number of benzene rings is 1. The molecular formula is C22H22N4O. The van der Waals surface area contributed by atoms with Gasteiger partial charge in [-0.25, -0.2) is 0 Å². The molecule has 0 amide bonds. The smallest absolute Gasteiger partial charge is 0.195 e. The zero-order valence-corrected chi connectivity index (χ0v) is 15.7. The summed E-state index contributed by atoms with van der Waals surface area (Å²) in [6.07, 6.45) is 5.49. The molecule has 2 aromatic carbocycles. The van der Waals surface area contributed by atoms with Gasteiger partial charge in [0.05, 0.1) is 11.7 Å². The first-order valence-electron chi connectivity index (χ1n) is 9.11. The van der Waals surface area contributed by atoms with Gasteiger partial charge in [-0.1, -0.05) is 26.0 Å². The molecule has 0 saturated heterocycles. The molecule has 5 nitrogen and oxygen atoms in total. The summed E-state index contributed by atoms with van der Waals surface area (Å²) in [6.45, 7) is 5.19. The molecule has 0 bridgehead atoms. The lowest BCUT2D eigenvalue weighted by atomic mass is 10.1. The van der Waals surface area contributed by atoms with Crippen LogP contribution in [0, 0.1) is 5.92 Å². The van der Waals surface area contributed by atoms with Gasteiger partial charge in [-0.05, 0) is 35.6 Å². The number of aromatic nitrogens is 3. The van der Waals surface area contributed by atoms with Crippen molar-refractivity contribution in [3.8, 4) is 11.1 Å². The molecule has 0 spiro atoms. The Morgan fingerprint density at radius 2 is 1.85 bits per heavy atom. The van der Waals surface area contributed by atoms with Gasteiger partial charge in [-0.15, -0.1) is 0 Å². The average molecular weight is 358 g/mol. The van der Waals surface area contributed by atoms with Crippen LogP contribution >= 0.6 is 0 Å². The first-order chi connectivity index (χ1) is 13.0. The number of rotatable bonds is 4. The van der Waals surface area contributed by atoms with E-state index < -0.39 is 0 Å². The number of fused-ring (bicyclic) bond motifs is 2. The summed E-state index contributed by atoms with van der Waals surface area (Å²) in [7, 11) is 1.87. The highest BCUT2D eigenvalue weighted by Gasteiger charge is 2.08. The lowest BCUT2D eigenvalue weighted by Crippen LogP contribution is -2.08. The summed E-state index contributed by atoms with van der Waals surface area (Å²) in [5.74, 6) is 0.534. The van der Waals surface area contributed by atoms with E-state index in [0.717, 1.165) is 28.7 Å². The summed E-state index contributed by atoms with van der Waals surface area (Å²) in [6, 6.07) is 11.7. The molecular weight excluding hydrogens is 336 g/mol. The van der Waals surface area contributed by atoms with E-state index >= 15 is 0 Å². The van der Waals surface area contributed by atoms with Gasteiger partial charge < -0.3 is 5.32 Å². The molecule has 0 unspecified atom stereocenters. The highest BCUT2D eigenvalue weighted by molar-refractivity contribution is 5.94. The van der Waals surface area contributed by atoms with Gasteiger partial charge >= 0.3 is 0 Å². The maximum absolute atomic E-state index is 13.3. The predicted molar refractivity (Wildman–Crippen MR) is 111 cm³/mol. The average Bonchev–Trinajstić information content (AvgIpc) is 3.05. The Balaban J connectivity index is 1.91. The summed E-state index contributed by atoms with van der Waals surface area (Å²) in [5, 5.41) is 9.83. The van der Waals surface area contributed by atoms with Crippen molar-refractivity contribution < 1.29 is 0 Å². The van der Waals surface area contributed by atoms with Crippen LogP contribution in [0.1, 0.15) is 13.8 Å². The Labute approximate surface area is 157 Å². The quantitative estimate of drug-likeness (QED) is 0.593. The van der Waals surface area contributed by atoms with Crippen molar-refractivity contribution in [1.29, 1.82) is 0 Å². The number of aryl methyl sites for hydroxylation is 1. The van der Waals surface area contributed by atoms with Crippen molar-refractivity contribution in [3.63, 3.8) is 0 Å². The van der Waals surface area contributed by atoms with Crippen LogP contribution in [0.2, 0.25) is 0 Å². The molecule has 2 aromatic heterocycles. The van der Waals surface area contributed by atoms with E-state index in [9.17, 15) is 4.79 Å². The van der Waals surface area contributed by atoms with Crippen LogP contribution in [0.4, 0.5) is 5.69 Å². The minimum atomic E-state index is -0.00330. The van der Waals surface area contributed by atoms with Crippen molar-refractivity contribution in [3.05, 3.63) is 65.2 Å². The normalized spacial score (nSPS) is 11.4. The Morgan fingerprint density at radius 3 is 2.59 bits per heavy atom. The van der Waals surface area contributed by atoms with Gasteiger partial charge in [0.15, 0.2) is 5.43 Å². The second-order valence-corrected chi connectivity index (χ2v) is 7.30. The molecule has 5 heteroatoms. The van der Waals surface area contributed by atoms with Gasteiger partial charge in [-0.3, -0.25) is 14.5 Å². The number of pyridine rings is 1. The highest BCUT2D eigenvalue weighted by atomic mass is 16.1. The molecule has 27 heavy (non-hydrogen) atoms. The van der Waals surface area contributed by atoms with Gasteiger partial charge in [0.1, 0.15) is 0 Å². The van der Waals surface area contributed by atoms with E-state index in [0.29, 0.717) is 22.2 Å². The lowest BCUT2D eigenvalue weighted by molar-refractivity contribution is 0.689. The standard InChI is InChI=1S/C22H22N4O/c1-14(2)10-23-18-6-4-15-5-7-21-20(22(27)19(15)9-18)8-16(11-24-21)17-12-25-26(3)13-17/h4-9,11-14,23H,10H2,1-3H3. The van der Waals surface area contributed by atoms with Crippen molar-refractivity contribution in [2.45, 2.75) is 13.8 Å². The predicted octanol–water partition coefficient (Wildman–Crippen LogP) is 4.22. The van der Waals surface area contributed by atoms with Crippen molar-refractivity contribution in [1.82, 2.24) is 14.8 Å². The van der Waals surface area contributed by atoms with Crippen LogP contribution < -0.4 is 10.7 Å². The third-order valence-electron chi connectivity index (χ3n) is 4.63. The minimum Gasteiger partial charge on any atom is -0.385 e. The highest BCUT2D eigenvalue weighted by Crippen LogP contribution is 2.23. The van der Waals surface area contributed by atoms with E-state index in [-0.39, 0.29) is 5.43 Å². The molecule has 0 aliphatic rings. The SMILES string of the molecule is CC(C)CNc1ccc2ccc3ncc(-c4cnn(C)c4)cc3c(=O)c2c1. The molecule has 0 atom stereocenters. The van der Waals surface area contributed by atoms with Crippen LogP contribution in [-0.2, 0) is 7.05 Å². The molecule has 4 aromatic rings. The second-order valence-electron chi connectivity index (χ2n) is 7.30. The number of nitrogens with zero attached hydrogens (tertiary/aromatic N) is 3. The summed E-state index contributed by atoms with van der Waals surface area (Å²) in [4.78, 5) is 17.8. The maximum atomic E-state index is 13.3. The number of anilines is 1. The van der Waals surface area contributed by atoms with Gasteiger partial charge in [0.25, 0.3) is 0 Å². The van der Waals surface area contributed by atoms with E-state index in [2.05, 4.69) is 29.2 Å². The topological polar surface area (TPSA) is 59.8 Å². The van der Waals surface area contributed by atoms with Crippen LogP contribution in [0.15, 0.2) is 59.8 Å². The first-order valence-corrected chi connectivity index (χ1v) is 9.11. The van der Waals surface area contributed by atoms with E-state index in [1.807, 2.05) is 49.6 Å². The first kappa shape index (κ1) is 17.2. The van der Waals surface area contributed by atoms with Crippen molar-refractivity contribution in [2.24, 2.45) is 13.0 Å². The molecule has 0 fully saturated rings. The monoisotopic (exact) mass is 358 g/mol. The van der Waals surface area contributed by atoms with Crippen LogP contribution in [0.25, 0.3) is 32.8 Å². The minimum absolute atomic E-state index is 0.00330. The summed E-state index contributed by atoms with van der Waals surface area (Å²) < 4.78 is 1.74. The zero-order valence-electron chi connectivity index (χ0n) is 15.7. The molecule has 136 valence electrons. The van der Waals surface area contributed by atoms with Gasteiger partial charge in [0, 0.05) is 53.6 Å². The fourth-order valence-electron chi connectivity index (χ4n) is 3.16. The van der Waals surface area contributed by atoms with Gasteiger partial charge in [-0.2, -0.15) is 5.10 Å². The molecule has 1 N–H and O–H groups in total. The Kier molecular flexibility index (Phi) is 4.36. The number of hydrogen-bond donors (Lipinski definition) is 1. The Hall–Kier alpha value is -3.21. The third kappa shape index (κ3) is 3.40. The largest absolute Gasteiger partial charge is 0.385 e. The Morgan fingerprint density at radius 1 is 1.04 bits per heavy atom. The Bertz CT molecular complexity index is 1190. The number of nitrogens with one attached hydrogen (secondary N) is 1. The van der Waals surface area contributed by atoms with Crippen molar-refractivity contribution in [2.75, 3.05) is 11.9 Å². The zero-order chi connectivity index (χ0) is 19.0. The molecule has 2 heterocycles. The van der Waals surface area contributed by atoms with E-state index in [4.69, 9.17) is 0 Å². The summed E-state index contributed by atoms with van der Waals surface area (Å²) >= 11 is 0. The molecule has 0 aliphatic heterocycles. The van der Waals surface area contributed by atoms with Crippen LogP contribution in [0.3, 0.4) is 0 Å². The second kappa shape index (κ2) is 6.83. The van der Waals surface area contributed by atoms with E-state index in [1.54, 1.807) is 17.1 Å². The molecule has 0 saturated carbocycles. The number of hydrogen-bond acceptors (Lipinski definition) is 4. The molecule has 4 rings (SSSR count). The molecule has 0 aliphatic carbocycles. The third-order valence-corrected chi connectivity index (χ3v) is 4.63. The lowest BCUT2D eigenvalue weighted by Gasteiger charge is -2.09. The van der Waals surface area contributed by atoms with Crippen molar-refractivity contribution >= 4 is 27.4 Å². The van der Waals surface area contributed by atoms with Crippen LogP contribution in [-0.4, -0.2) is 21.3 Å². The maximum Gasteiger partial charge on any atom is 0.195 e. The fraction of sp³-hybridized carbons (Fsp3) is 0.227. The van der Waals surface area contributed by atoms with E-state index in [1.165, 1.54) is 0 Å². The van der Waals surface area contributed by atoms with Gasteiger partial charge in [0.2, 0.25) is 0 Å².